The maximum Gasteiger partial charge on any atom is 0.433 e. The summed E-state index contributed by atoms with van der Waals surface area (Å²) < 4.78 is 43.5. The predicted octanol–water partition coefficient (Wildman–Crippen LogP) is 3.99. The van der Waals surface area contributed by atoms with E-state index in [-0.39, 0.29) is 11.4 Å². The standard InChI is InChI=1S/C15H10F3NO3/c16-15(17,18)12-8-6-10(7-9-13(20)21)14(19-12)22-11-4-2-1-3-5-11/h1-9H,(H,20,21)/b9-7+. The van der Waals surface area contributed by atoms with E-state index < -0.39 is 17.8 Å². The van der Waals surface area contributed by atoms with Gasteiger partial charge in [0.25, 0.3) is 0 Å². The Kier molecular flexibility index (Phi) is 4.45. The van der Waals surface area contributed by atoms with Gasteiger partial charge in [-0.3, -0.25) is 0 Å². The lowest BCUT2D eigenvalue weighted by Crippen LogP contribution is -2.09. The Morgan fingerprint density at radius 2 is 1.82 bits per heavy atom. The first-order valence-corrected chi connectivity index (χ1v) is 6.08. The van der Waals surface area contributed by atoms with E-state index in [0.29, 0.717) is 5.75 Å². The maximum absolute atomic E-state index is 12.7. The largest absolute Gasteiger partial charge is 0.478 e. The van der Waals surface area contributed by atoms with Gasteiger partial charge in [0, 0.05) is 11.6 Å². The number of hydrogen-bond acceptors (Lipinski definition) is 3. The molecule has 2 rings (SSSR count). The molecule has 0 aliphatic carbocycles. The third-order valence-electron chi connectivity index (χ3n) is 2.54. The molecule has 114 valence electrons. The fraction of sp³-hybridized carbons (Fsp3) is 0.0667. The number of carboxylic acids is 1. The SMILES string of the molecule is O=C(O)/C=C/c1ccc(C(F)(F)F)nc1Oc1ccccc1. The third-order valence-corrected chi connectivity index (χ3v) is 2.54. The van der Waals surface area contributed by atoms with Gasteiger partial charge in [-0.2, -0.15) is 13.2 Å². The zero-order valence-corrected chi connectivity index (χ0v) is 11.0. The lowest BCUT2D eigenvalue weighted by atomic mass is 10.2. The Labute approximate surface area is 123 Å². The molecule has 0 bridgehead atoms. The second-order valence-electron chi connectivity index (χ2n) is 4.18. The monoisotopic (exact) mass is 309 g/mol. The molecule has 7 heteroatoms. The lowest BCUT2D eigenvalue weighted by Gasteiger charge is -2.11. The molecule has 1 N–H and O–H groups in total. The summed E-state index contributed by atoms with van der Waals surface area (Å²) in [6.45, 7) is 0. The Morgan fingerprint density at radius 1 is 1.14 bits per heavy atom. The number of alkyl halides is 3. The maximum atomic E-state index is 12.7. The molecule has 0 radical (unpaired) electrons. The number of carboxylic acid groups (broad SMARTS) is 1. The molecule has 1 heterocycles. The van der Waals surface area contributed by atoms with Crippen molar-refractivity contribution in [3.05, 3.63) is 59.8 Å². The van der Waals surface area contributed by atoms with Crippen molar-refractivity contribution in [2.24, 2.45) is 0 Å². The average molecular weight is 309 g/mol. The molecule has 0 fully saturated rings. The molecular formula is C15H10F3NO3. The first kappa shape index (κ1) is 15.6. The normalized spacial score (nSPS) is 11.6. The number of carbonyl (C=O) groups is 1. The van der Waals surface area contributed by atoms with Gasteiger partial charge in [-0.1, -0.05) is 18.2 Å². The molecule has 0 saturated carbocycles. The molecule has 2 aromatic rings. The highest BCUT2D eigenvalue weighted by atomic mass is 19.4. The van der Waals surface area contributed by atoms with Gasteiger partial charge in [-0.05, 0) is 30.3 Å². The summed E-state index contributed by atoms with van der Waals surface area (Å²) in [5.74, 6) is -1.26. The zero-order chi connectivity index (χ0) is 16.2. The van der Waals surface area contributed by atoms with Crippen molar-refractivity contribution in [1.82, 2.24) is 4.98 Å². The highest BCUT2D eigenvalue weighted by molar-refractivity contribution is 5.85. The Bertz CT molecular complexity index is 697. The number of halogens is 3. The van der Waals surface area contributed by atoms with Crippen LogP contribution in [-0.2, 0) is 11.0 Å². The van der Waals surface area contributed by atoms with Crippen LogP contribution in [0.4, 0.5) is 13.2 Å². The van der Waals surface area contributed by atoms with Crippen LogP contribution in [-0.4, -0.2) is 16.1 Å². The third kappa shape index (κ3) is 4.08. The fourth-order valence-corrected chi connectivity index (χ4v) is 1.58. The van der Waals surface area contributed by atoms with Gasteiger partial charge in [-0.15, -0.1) is 0 Å². The molecule has 4 nitrogen and oxygen atoms in total. The molecule has 0 saturated heterocycles. The molecule has 0 aliphatic heterocycles. The molecule has 1 aromatic heterocycles. The van der Waals surface area contributed by atoms with Crippen LogP contribution in [0.5, 0.6) is 11.6 Å². The number of hydrogen-bond donors (Lipinski definition) is 1. The molecular weight excluding hydrogens is 299 g/mol. The molecule has 0 amide bonds. The van der Waals surface area contributed by atoms with E-state index in [4.69, 9.17) is 9.84 Å². The van der Waals surface area contributed by atoms with E-state index in [1.54, 1.807) is 30.3 Å². The van der Waals surface area contributed by atoms with Gasteiger partial charge >= 0.3 is 12.1 Å². The van der Waals surface area contributed by atoms with Crippen LogP contribution < -0.4 is 4.74 Å². The first-order valence-electron chi connectivity index (χ1n) is 6.08. The summed E-state index contributed by atoms with van der Waals surface area (Å²) in [6, 6.07) is 9.98. The summed E-state index contributed by atoms with van der Waals surface area (Å²) in [5.41, 5.74) is -0.995. The van der Waals surface area contributed by atoms with Gasteiger partial charge in [0.1, 0.15) is 11.4 Å². The number of ether oxygens (including phenoxy) is 1. The molecule has 0 atom stereocenters. The van der Waals surface area contributed by atoms with E-state index in [0.717, 1.165) is 24.3 Å². The van der Waals surface area contributed by atoms with Crippen molar-refractivity contribution in [3.8, 4) is 11.6 Å². The minimum atomic E-state index is -4.62. The van der Waals surface area contributed by atoms with E-state index in [1.165, 1.54) is 0 Å². The van der Waals surface area contributed by atoms with Crippen LogP contribution in [0.1, 0.15) is 11.3 Å². The number of benzene rings is 1. The molecule has 0 aliphatic rings. The highest BCUT2D eigenvalue weighted by Gasteiger charge is 2.33. The average Bonchev–Trinajstić information content (AvgIpc) is 2.46. The Morgan fingerprint density at radius 3 is 2.41 bits per heavy atom. The summed E-state index contributed by atoms with van der Waals surface area (Å²) in [5, 5.41) is 8.61. The highest BCUT2D eigenvalue weighted by Crippen LogP contribution is 2.32. The molecule has 0 unspecified atom stereocenters. The van der Waals surface area contributed by atoms with E-state index in [9.17, 15) is 18.0 Å². The minimum absolute atomic E-state index is 0.124. The van der Waals surface area contributed by atoms with Gasteiger partial charge < -0.3 is 9.84 Å². The zero-order valence-electron chi connectivity index (χ0n) is 11.0. The van der Waals surface area contributed by atoms with Crippen LogP contribution >= 0.6 is 0 Å². The van der Waals surface area contributed by atoms with Crippen LogP contribution in [0.3, 0.4) is 0 Å². The molecule has 22 heavy (non-hydrogen) atoms. The van der Waals surface area contributed by atoms with Crippen LogP contribution in [0.25, 0.3) is 6.08 Å². The van der Waals surface area contributed by atoms with Crippen molar-refractivity contribution in [1.29, 1.82) is 0 Å². The number of para-hydroxylation sites is 1. The van der Waals surface area contributed by atoms with Crippen LogP contribution in [0, 0.1) is 0 Å². The summed E-state index contributed by atoms with van der Waals surface area (Å²) in [7, 11) is 0. The van der Waals surface area contributed by atoms with Crippen molar-refractivity contribution in [2.75, 3.05) is 0 Å². The molecule has 0 spiro atoms. The van der Waals surface area contributed by atoms with Crippen molar-refractivity contribution >= 4 is 12.0 Å². The van der Waals surface area contributed by atoms with Crippen LogP contribution in [0.15, 0.2) is 48.5 Å². The van der Waals surface area contributed by atoms with Gasteiger partial charge in [0.15, 0.2) is 0 Å². The quantitative estimate of drug-likeness (QED) is 0.868. The molecule has 1 aromatic carbocycles. The number of aromatic nitrogens is 1. The topological polar surface area (TPSA) is 59.4 Å². The first-order chi connectivity index (χ1) is 10.4. The summed E-state index contributed by atoms with van der Waals surface area (Å²) in [6.07, 6.45) is -2.71. The minimum Gasteiger partial charge on any atom is -0.478 e. The smallest absolute Gasteiger partial charge is 0.433 e. The predicted molar refractivity (Wildman–Crippen MR) is 72.4 cm³/mol. The fourth-order valence-electron chi connectivity index (χ4n) is 1.58. The summed E-state index contributed by atoms with van der Waals surface area (Å²) in [4.78, 5) is 14.0. The second-order valence-corrected chi connectivity index (χ2v) is 4.18. The van der Waals surface area contributed by atoms with E-state index >= 15 is 0 Å². The Hall–Kier alpha value is -2.83. The van der Waals surface area contributed by atoms with E-state index in [1.807, 2.05) is 0 Å². The van der Waals surface area contributed by atoms with Crippen molar-refractivity contribution in [2.45, 2.75) is 6.18 Å². The number of aliphatic carboxylic acids is 1. The van der Waals surface area contributed by atoms with Crippen molar-refractivity contribution < 1.29 is 27.8 Å². The lowest BCUT2D eigenvalue weighted by molar-refractivity contribution is -0.141. The second kappa shape index (κ2) is 6.30. The van der Waals surface area contributed by atoms with Crippen LogP contribution in [0.2, 0.25) is 0 Å². The summed E-state index contributed by atoms with van der Waals surface area (Å²) >= 11 is 0. The number of rotatable bonds is 4. The number of pyridine rings is 1. The Balaban J connectivity index is 2.43. The van der Waals surface area contributed by atoms with Crippen molar-refractivity contribution in [3.63, 3.8) is 0 Å². The van der Waals surface area contributed by atoms with Gasteiger partial charge in [0.2, 0.25) is 5.88 Å². The van der Waals surface area contributed by atoms with Gasteiger partial charge in [0.05, 0.1) is 0 Å². The van der Waals surface area contributed by atoms with E-state index in [2.05, 4.69) is 4.98 Å². The van der Waals surface area contributed by atoms with Gasteiger partial charge in [-0.25, -0.2) is 9.78 Å². The number of nitrogens with zero attached hydrogens (tertiary/aromatic N) is 1.